The largest absolute Gasteiger partial charge is 0.593 e. The summed E-state index contributed by atoms with van der Waals surface area (Å²) in [5.41, 5.74) is 4.50. The standard InChI is InChI=1S/C34H34BrN3O4S/c1-21-10-14-25(15-11-21)43(42)38-31-9-5-2-6-24(31)20-32(38)33(39)37-30(34(40)41)19-22-12-16-28-23(18-22)13-17-29(36-28)26-7-3-4-8-27(26)35/h3-4,7-8,10-18,24,30-32H,2,5-6,9,19-20H2,1H3,(H,37,39)(H,40,41)/t24-,30?,31-,32-,43?/m0/s1. The number of nitrogens with zero attached hydrogens (tertiary/aromatic N) is 2. The second-order valence-electron chi connectivity index (χ2n) is 11.6. The number of aliphatic carboxylic acids is 1. The summed E-state index contributed by atoms with van der Waals surface area (Å²) in [5, 5.41) is 13.8. The maximum Gasteiger partial charge on any atom is 0.326 e. The van der Waals surface area contributed by atoms with E-state index in [0.717, 1.165) is 63.4 Å². The molecule has 2 fully saturated rings. The predicted octanol–water partition coefficient (Wildman–Crippen LogP) is 6.44. The van der Waals surface area contributed by atoms with Crippen LogP contribution >= 0.6 is 15.9 Å². The van der Waals surface area contributed by atoms with Crippen LogP contribution in [0.3, 0.4) is 0 Å². The van der Waals surface area contributed by atoms with E-state index in [1.54, 1.807) is 0 Å². The molecule has 5 atom stereocenters. The van der Waals surface area contributed by atoms with E-state index in [0.29, 0.717) is 11.3 Å². The summed E-state index contributed by atoms with van der Waals surface area (Å²) in [5.74, 6) is -1.20. The smallest absolute Gasteiger partial charge is 0.326 e. The van der Waals surface area contributed by atoms with E-state index in [9.17, 15) is 19.2 Å². The van der Waals surface area contributed by atoms with E-state index in [4.69, 9.17) is 4.98 Å². The number of carboxylic acids is 1. The Morgan fingerprint density at radius 1 is 1.07 bits per heavy atom. The van der Waals surface area contributed by atoms with E-state index < -0.39 is 29.4 Å². The lowest BCUT2D eigenvalue weighted by atomic mass is 9.85. The van der Waals surface area contributed by atoms with Gasteiger partial charge in [-0.1, -0.05) is 76.8 Å². The summed E-state index contributed by atoms with van der Waals surface area (Å²) < 4.78 is 16.6. The average Bonchev–Trinajstić information content (AvgIpc) is 3.40. The van der Waals surface area contributed by atoms with Crippen molar-refractivity contribution in [2.75, 3.05) is 0 Å². The predicted molar refractivity (Wildman–Crippen MR) is 172 cm³/mol. The fourth-order valence-corrected chi connectivity index (χ4v) is 8.52. The van der Waals surface area contributed by atoms with Gasteiger partial charge < -0.3 is 15.0 Å². The van der Waals surface area contributed by atoms with Crippen molar-refractivity contribution in [1.82, 2.24) is 14.6 Å². The fourth-order valence-electron chi connectivity index (χ4n) is 6.48. The Hall–Kier alpha value is -3.24. The van der Waals surface area contributed by atoms with Crippen molar-refractivity contribution in [3.05, 3.63) is 94.5 Å². The van der Waals surface area contributed by atoms with Gasteiger partial charge in [0.1, 0.15) is 12.1 Å². The fraction of sp³-hybridized carbons (Fsp3) is 0.324. The molecule has 43 heavy (non-hydrogen) atoms. The molecule has 1 saturated carbocycles. The normalized spacial score (nSPS) is 21.7. The molecule has 0 spiro atoms. The first-order valence-electron chi connectivity index (χ1n) is 14.7. The second-order valence-corrected chi connectivity index (χ2v) is 13.8. The van der Waals surface area contributed by atoms with Crippen molar-refractivity contribution in [1.29, 1.82) is 0 Å². The molecule has 1 saturated heterocycles. The summed E-state index contributed by atoms with van der Waals surface area (Å²) >= 11 is 2.07. The van der Waals surface area contributed by atoms with Crippen LogP contribution in [0.4, 0.5) is 0 Å². The van der Waals surface area contributed by atoms with Crippen molar-refractivity contribution >= 4 is 50.1 Å². The summed E-state index contributed by atoms with van der Waals surface area (Å²) in [6.45, 7) is 1.98. The molecule has 2 heterocycles. The van der Waals surface area contributed by atoms with Gasteiger partial charge >= 0.3 is 5.97 Å². The van der Waals surface area contributed by atoms with Gasteiger partial charge in [0.05, 0.1) is 28.6 Å². The minimum Gasteiger partial charge on any atom is -0.593 e. The van der Waals surface area contributed by atoms with Crippen LogP contribution in [-0.2, 0) is 27.4 Å². The molecule has 1 aliphatic heterocycles. The highest BCUT2D eigenvalue weighted by Crippen LogP contribution is 2.43. The molecule has 3 aromatic carbocycles. The number of carboxylic acid groups (broad SMARTS) is 1. The van der Waals surface area contributed by atoms with Crippen LogP contribution in [0.5, 0.6) is 0 Å². The van der Waals surface area contributed by atoms with Crippen molar-refractivity contribution in [3.63, 3.8) is 0 Å². The summed E-state index contributed by atoms with van der Waals surface area (Å²) in [6, 6.07) is 23.4. The van der Waals surface area contributed by atoms with Gasteiger partial charge in [-0.15, -0.1) is 4.31 Å². The molecule has 1 aliphatic carbocycles. The SMILES string of the molecule is Cc1ccc([S+]([O-])N2[C@H](C(=O)NC(Cc3ccc4nc(-c5ccccc5Br)ccc4c3)C(=O)O)C[C@@H]3CCCC[C@@H]32)cc1. The number of hydrogen-bond acceptors (Lipinski definition) is 5. The molecule has 9 heteroatoms. The summed E-state index contributed by atoms with van der Waals surface area (Å²) in [7, 11) is 0. The van der Waals surface area contributed by atoms with Crippen LogP contribution in [0.1, 0.15) is 43.2 Å². The zero-order valence-electron chi connectivity index (χ0n) is 23.9. The third kappa shape index (κ3) is 6.36. The van der Waals surface area contributed by atoms with Crippen molar-refractivity contribution in [2.24, 2.45) is 5.92 Å². The minimum absolute atomic E-state index is 0.0457. The summed E-state index contributed by atoms with van der Waals surface area (Å²) in [4.78, 5) is 31.6. The lowest BCUT2D eigenvalue weighted by molar-refractivity contribution is -0.142. The van der Waals surface area contributed by atoms with Crippen LogP contribution in [0.15, 0.2) is 88.2 Å². The number of carbonyl (C=O) groups excluding carboxylic acids is 1. The molecular weight excluding hydrogens is 626 g/mol. The second kappa shape index (κ2) is 12.8. The number of carbonyl (C=O) groups is 2. The van der Waals surface area contributed by atoms with Crippen molar-refractivity contribution < 1.29 is 19.2 Å². The number of fused-ring (bicyclic) bond motifs is 2. The topological polar surface area (TPSA) is 106 Å². The van der Waals surface area contributed by atoms with Gasteiger partial charge in [0.2, 0.25) is 5.91 Å². The lowest BCUT2D eigenvalue weighted by Gasteiger charge is -2.33. The molecule has 1 aromatic heterocycles. The number of rotatable bonds is 8. The Morgan fingerprint density at radius 2 is 1.84 bits per heavy atom. The molecule has 0 radical (unpaired) electrons. The van der Waals surface area contributed by atoms with E-state index in [2.05, 4.69) is 21.2 Å². The highest BCUT2D eigenvalue weighted by atomic mass is 79.9. The number of pyridine rings is 1. The van der Waals surface area contributed by atoms with Crippen molar-refractivity contribution in [3.8, 4) is 11.3 Å². The number of aromatic nitrogens is 1. The molecule has 2 aliphatic rings. The molecule has 222 valence electrons. The Labute approximate surface area is 263 Å². The lowest BCUT2D eigenvalue weighted by Crippen LogP contribution is -2.53. The van der Waals surface area contributed by atoms with Crippen molar-refractivity contribution in [2.45, 2.75) is 68.5 Å². The molecule has 2 unspecified atom stereocenters. The molecule has 4 aromatic rings. The Kier molecular flexibility index (Phi) is 8.86. The number of halogens is 1. The van der Waals surface area contributed by atoms with Gasteiger partial charge in [0.25, 0.3) is 0 Å². The first-order chi connectivity index (χ1) is 20.8. The number of benzene rings is 3. The Morgan fingerprint density at radius 3 is 2.60 bits per heavy atom. The van der Waals surface area contributed by atoms with Gasteiger partial charge in [-0.05, 0) is 74.1 Å². The summed E-state index contributed by atoms with van der Waals surface area (Å²) in [6.07, 6.45) is 4.73. The first-order valence-corrected chi connectivity index (χ1v) is 16.6. The highest BCUT2D eigenvalue weighted by Gasteiger charge is 2.52. The molecule has 1 amide bonds. The zero-order valence-corrected chi connectivity index (χ0v) is 26.3. The van der Waals surface area contributed by atoms with Gasteiger partial charge in [-0.25, -0.2) is 9.78 Å². The van der Waals surface area contributed by atoms with Gasteiger partial charge in [-0.3, -0.25) is 4.79 Å². The van der Waals surface area contributed by atoms with Gasteiger partial charge in [-0.2, -0.15) is 0 Å². The van der Waals surface area contributed by atoms with Crippen LogP contribution in [0.2, 0.25) is 0 Å². The Balaban J connectivity index is 1.20. The third-order valence-electron chi connectivity index (χ3n) is 8.70. The molecule has 0 bridgehead atoms. The maximum atomic E-state index is 13.8. The zero-order chi connectivity index (χ0) is 30.1. The molecule has 6 rings (SSSR count). The van der Waals surface area contributed by atoms with Crippen LogP contribution in [0.25, 0.3) is 22.2 Å². The quantitative estimate of drug-likeness (QED) is 0.211. The average molecular weight is 661 g/mol. The number of amides is 1. The first kappa shape index (κ1) is 29.8. The van der Waals surface area contributed by atoms with Gasteiger partial charge in [0, 0.05) is 21.8 Å². The van der Waals surface area contributed by atoms with Crippen LogP contribution in [0, 0.1) is 12.8 Å². The Bertz CT molecular complexity index is 1650. The number of nitrogens with one attached hydrogen (secondary N) is 1. The monoisotopic (exact) mass is 659 g/mol. The number of aryl methyl sites for hydroxylation is 1. The maximum absolute atomic E-state index is 13.8. The molecule has 2 N–H and O–H groups in total. The highest BCUT2D eigenvalue weighted by molar-refractivity contribution is 9.10. The van der Waals surface area contributed by atoms with Crippen LogP contribution in [-0.4, -0.2) is 49.0 Å². The van der Waals surface area contributed by atoms with Crippen LogP contribution < -0.4 is 5.32 Å². The van der Waals surface area contributed by atoms with E-state index in [1.165, 1.54) is 0 Å². The van der Waals surface area contributed by atoms with E-state index in [1.807, 2.05) is 90.1 Å². The molecule has 7 nitrogen and oxygen atoms in total. The molecular formula is C34H34BrN3O4S. The third-order valence-corrected chi connectivity index (χ3v) is 11.0. The number of hydrogen-bond donors (Lipinski definition) is 2. The minimum atomic E-state index is -1.52. The van der Waals surface area contributed by atoms with E-state index >= 15 is 0 Å². The van der Waals surface area contributed by atoms with Gasteiger partial charge in [0.15, 0.2) is 4.90 Å². The van der Waals surface area contributed by atoms with E-state index in [-0.39, 0.29) is 24.3 Å².